The van der Waals surface area contributed by atoms with Crippen molar-refractivity contribution in [2.45, 2.75) is 13.0 Å². The van der Waals surface area contributed by atoms with Gasteiger partial charge in [0.1, 0.15) is 11.5 Å². The molecule has 0 aliphatic carbocycles. The molecule has 0 aliphatic rings. The van der Waals surface area contributed by atoms with Crippen molar-refractivity contribution in [2.24, 2.45) is 0 Å². The van der Waals surface area contributed by atoms with E-state index < -0.39 is 17.8 Å². The van der Waals surface area contributed by atoms with Gasteiger partial charge < -0.3 is 14.9 Å². The number of rotatable bonds is 5. The number of carboxylic acid groups (broad SMARTS) is 1. The molecule has 7 heteroatoms. The van der Waals surface area contributed by atoms with Crippen LogP contribution in [0.2, 0.25) is 0 Å². The van der Waals surface area contributed by atoms with Crippen molar-refractivity contribution in [3.63, 3.8) is 0 Å². The van der Waals surface area contributed by atoms with Crippen molar-refractivity contribution in [3.05, 3.63) is 77.3 Å². The van der Waals surface area contributed by atoms with E-state index in [1.807, 2.05) is 0 Å². The van der Waals surface area contributed by atoms with Crippen LogP contribution in [0.1, 0.15) is 39.4 Å². The number of halogens is 1. The topological polar surface area (TPSA) is 92.4 Å². The van der Waals surface area contributed by atoms with E-state index in [2.05, 4.69) is 10.5 Å². The van der Waals surface area contributed by atoms with E-state index in [1.54, 1.807) is 37.3 Å². The highest BCUT2D eigenvalue weighted by molar-refractivity contribution is 5.95. The molecule has 0 fully saturated rings. The first kappa shape index (κ1) is 17.3. The zero-order chi connectivity index (χ0) is 18.7. The first-order valence-electron chi connectivity index (χ1n) is 7.82. The lowest BCUT2D eigenvalue weighted by molar-refractivity contribution is 0.0648. The number of carbonyl (C=O) groups is 2. The molecule has 0 saturated carbocycles. The molecule has 3 rings (SSSR count). The number of aromatic nitrogens is 1. The lowest BCUT2D eigenvalue weighted by Crippen LogP contribution is -2.27. The van der Waals surface area contributed by atoms with Gasteiger partial charge in [-0.2, -0.15) is 0 Å². The van der Waals surface area contributed by atoms with Gasteiger partial charge in [-0.05, 0) is 43.3 Å². The van der Waals surface area contributed by atoms with E-state index in [0.29, 0.717) is 11.1 Å². The molecular weight excluding hydrogens is 339 g/mol. The van der Waals surface area contributed by atoms with Crippen molar-refractivity contribution < 1.29 is 23.6 Å². The monoisotopic (exact) mass is 354 g/mol. The number of carboxylic acids is 1. The van der Waals surface area contributed by atoms with Crippen LogP contribution in [-0.2, 0) is 0 Å². The van der Waals surface area contributed by atoms with Crippen LogP contribution >= 0.6 is 0 Å². The normalized spacial score (nSPS) is 11.8. The van der Waals surface area contributed by atoms with Crippen molar-refractivity contribution in [1.82, 2.24) is 10.5 Å². The molecule has 1 aromatic heterocycles. The van der Waals surface area contributed by atoms with Gasteiger partial charge in [0.25, 0.3) is 5.91 Å². The minimum Gasteiger partial charge on any atom is -0.475 e. The summed E-state index contributed by atoms with van der Waals surface area (Å²) in [6.45, 7) is 1.63. The number of nitrogens with zero attached hydrogens (tertiary/aromatic N) is 1. The van der Waals surface area contributed by atoms with Gasteiger partial charge >= 0.3 is 5.97 Å². The quantitative estimate of drug-likeness (QED) is 0.729. The fraction of sp³-hybridized carbons (Fsp3) is 0.105. The van der Waals surface area contributed by atoms with E-state index >= 15 is 0 Å². The molecule has 0 saturated heterocycles. The average Bonchev–Trinajstić information content (AvgIpc) is 3.08. The highest BCUT2D eigenvalue weighted by Crippen LogP contribution is 2.31. The smallest absolute Gasteiger partial charge is 0.375 e. The molecule has 1 atom stereocenters. The summed E-state index contributed by atoms with van der Waals surface area (Å²) in [5.74, 6) is -2.46. The van der Waals surface area contributed by atoms with E-state index in [-0.39, 0.29) is 22.9 Å². The molecule has 0 bridgehead atoms. The molecule has 1 unspecified atom stereocenters. The largest absolute Gasteiger partial charge is 0.475 e. The summed E-state index contributed by atoms with van der Waals surface area (Å²) in [5, 5.41) is 15.9. The lowest BCUT2D eigenvalue weighted by atomic mass is 10.00. The van der Waals surface area contributed by atoms with Crippen LogP contribution in [0.25, 0.3) is 11.3 Å². The number of carbonyl (C=O) groups excluding carboxylic acids is 1. The van der Waals surface area contributed by atoms with Crippen LogP contribution in [0.5, 0.6) is 0 Å². The number of nitrogens with one attached hydrogen (secondary N) is 1. The Labute approximate surface area is 148 Å². The zero-order valence-corrected chi connectivity index (χ0v) is 13.8. The lowest BCUT2D eigenvalue weighted by Gasteiger charge is -2.14. The molecule has 0 radical (unpaired) electrons. The summed E-state index contributed by atoms with van der Waals surface area (Å²) >= 11 is 0. The van der Waals surface area contributed by atoms with E-state index in [9.17, 15) is 19.1 Å². The first-order chi connectivity index (χ1) is 12.5. The van der Waals surface area contributed by atoms with Crippen molar-refractivity contribution in [3.8, 4) is 11.3 Å². The Morgan fingerprint density at radius 1 is 1.12 bits per heavy atom. The highest BCUT2D eigenvalue weighted by Gasteiger charge is 2.28. The third-order valence-electron chi connectivity index (χ3n) is 3.86. The van der Waals surface area contributed by atoms with Crippen LogP contribution in [0, 0.1) is 5.82 Å². The van der Waals surface area contributed by atoms with E-state index in [4.69, 9.17) is 4.52 Å². The molecule has 0 spiro atoms. The molecule has 2 aromatic carbocycles. The standard InChI is InChI=1S/C19H15FN2O4/c1-11(21-18(23)13-5-3-2-4-6-13)15-16(22-26-17(15)19(24)25)12-7-9-14(20)10-8-12/h2-11H,1H3,(H,21,23)(H,24,25). The summed E-state index contributed by atoms with van der Waals surface area (Å²) in [6, 6.07) is 13.3. The van der Waals surface area contributed by atoms with Gasteiger partial charge in [0.05, 0.1) is 11.6 Å². The van der Waals surface area contributed by atoms with Gasteiger partial charge in [0, 0.05) is 11.1 Å². The minimum absolute atomic E-state index is 0.216. The summed E-state index contributed by atoms with van der Waals surface area (Å²) in [5.41, 5.74) is 1.38. The third kappa shape index (κ3) is 3.46. The third-order valence-corrected chi connectivity index (χ3v) is 3.86. The predicted molar refractivity (Wildman–Crippen MR) is 91.2 cm³/mol. The highest BCUT2D eigenvalue weighted by atomic mass is 19.1. The number of hydrogen-bond acceptors (Lipinski definition) is 4. The maximum Gasteiger partial charge on any atom is 0.375 e. The summed E-state index contributed by atoms with van der Waals surface area (Å²) in [6.07, 6.45) is 0. The second kappa shape index (κ2) is 7.18. The number of amides is 1. The number of benzene rings is 2. The van der Waals surface area contributed by atoms with E-state index in [1.165, 1.54) is 24.3 Å². The van der Waals surface area contributed by atoms with Crippen molar-refractivity contribution in [1.29, 1.82) is 0 Å². The number of aromatic carboxylic acids is 1. The van der Waals surface area contributed by atoms with Gasteiger partial charge in [-0.1, -0.05) is 23.4 Å². The molecule has 3 aromatic rings. The Hall–Kier alpha value is -3.48. The van der Waals surface area contributed by atoms with Crippen LogP contribution in [0.4, 0.5) is 4.39 Å². The first-order valence-corrected chi connectivity index (χ1v) is 7.82. The van der Waals surface area contributed by atoms with Crippen LogP contribution in [0.15, 0.2) is 59.1 Å². The Bertz CT molecular complexity index is 936. The van der Waals surface area contributed by atoms with Gasteiger partial charge in [-0.15, -0.1) is 0 Å². The minimum atomic E-state index is -1.30. The van der Waals surface area contributed by atoms with Gasteiger partial charge in [0.2, 0.25) is 5.76 Å². The van der Waals surface area contributed by atoms with Crippen LogP contribution < -0.4 is 5.32 Å². The Morgan fingerprint density at radius 3 is 2.38 bits per heavy atom. The second-order valence-electron chi connectivity index (χ2n) is 5.65. The molecule has 1 heterocycles. The fourth-order valence-corrected chi connectivity index (χ4v) is 2.61. The van der Waals surface area contributed by atoms with Gasteiger partial charge in [-0.25, -0.2) is 9.18 Å². The summed E-state index contributed by atoms with van der Waals surface area (Å²) < 4.78 is 18.1. The molecular formula is C19H15FN2O4. The Morgan fingerprint density at radius 2 is 1.77 bits per heavy atom. The predicted octanol–water partition coefficient (Wildman–Crippen LogP) is 3.67. The summed E-state index contributed by atoms with van der Waals surface area (Å²) in [4.78, 5) is 23.8. The maximum absolute atomic E-state index is 13.2. The average molecular weight is 354 g/mol. The molecule has 6 nitrogen and oxygen atoms in total. The second-order valence-corrected chi connectivity index (χ2v) is 5.65. The van der Waals surface area contributed by atoms with Crippen LogP contribution in [-0.4, -0.2) is 22.1 Å². The summed E-state index contributed by atoms with van der Waals surface area (Å²) in [7, 11) is 0. The zero-order valence-electron chi connectivity index (χ0n) is 13.8. The SMILES string of the molecule is CC(NC(=O)c1ccccc1)c1c(-c2ccc(F)cc2)noc1C(=O)O. The molecule has 2 N–H and O–H groups in total. The number of hydrogen-bond donors (Lipinski definition) is 2. The fourth-order valence-electron chi connectivity index (χ4n) is 2.61. The Balaban J connectivity index is 1.96. The molecule has 1 amide bonds. The van der Waals surface area contributed by atoms with Crippen molar-refractivity contribution in [2.75, 3.05) is 0 Å². The van der Waals surface area contributed by atoms with Gasteiger partial charge in [0.15, 0.2) is 0 Å². The maximum atomic E-state index is 13.2. The molecule has 26 heavy (non-hydrogen) atoms. The molecule has 132 valence electrons. The van der Waals surface area contributed by atoms with Gasteiger partial charge in [-0.3, -0.25) is 4.79 Å². The van der Waals surface area contributed by atoms with Crippen molar-refractivity contribution >= 4 is 11.9 Å². The Kier molecular flexibility index (Phi) is 4.79. The molecule has 0 aliphatic heterocycles. The van der Waals surface area contributed by atoms with Crippen LogP contribution in [0.3, 0.4) is 0 Å². The van der Waals surface area contributed by atoms with E-state index in [0.717, 1.165) is 0 Å².